The first kappa shape index (κ1) is 11.0. The molecule has 1 aromatic rings. The molecule has 1 rings (SSSR count). The molecule has 0 unspecified atom stereocenters. The first-order valence-corrected chi connectivity index (χ1v) is 4.57. The number of aliphatic carboxylic acids is 1. The van der Waals surface area contributed by atoms with E-state index < -0.39 is 11.5 Å². The zero-order valence-electron chi connectivity index (χ0n) is 8.04. The number of carboxylic acids is 1. The summed E-state index contributed by atoms with van der Waals surface area (Å²) in [7, 11) is 1.61. The molecular weight excluding hydrogens is 202 g/mol. The van der Waals surface area contributed by atoms with E-state index in [1.807, 2.05) is 0 Å². The molecule has 0 bridgehead atoms. The van der Waals surface area contributed by atoms with Crippen molar-refractivity contribution >= 4 is 17.6 Å². The Morgan fingerprint density at radius 3 is 2.64 bits per heavy atom. The van der Waals surface area contributed by atoms with E-state index >= 15 is 0 Å². The summed E-state index contributed by atoms with van der Waals surface area (Å²) < 4.78 is 0. The Hall–Kier alpha value is -1.06. The van der Waals surface area contributed by atoms with Gasteiger partial charge >= 0.3 is 5.97 Å². The molecule has 14 heavy (non-hydrogen) atoms. The Balaban J connectivity index is 3.19. The molecule has 0 aliphatic carbocycles. The lowest BCUT2D eigenvalue weighted by atomic mass is 9.92. The van der Waals surface area contributed by atoms with Crippen LogP contribution < -0.4 is 5.32 Å². The standard InChI is InChI=1S/C10H12ClNO2/c1-10(12-2,9(13)14)7-4-3-5-8(11)6-7/h3-6,12H,1-2H3,(H,13,14)/t10-/m0/s1. The number of benzene rings is 1. The predicted octanol–water partition coefficient (Wildman–Crippen LogP) is 1.86. The van der Waals surface area contributed by atoms with Gasteiger partial charge in [0.2, 0.25) is 0 Å². The van der Waals surface area contributed by atoms with E-state index in [2.05, 4.69) is 5.32 Å². The number of likely N-dealkylation sites (N-methyl/N-ethyl adjacent to an activating group) is 1. The molecule has 0 aliphatic heterocycles. The second-order valence-corrected chi connectivity index (χ2v) is 3.63. The van der Waals surface area contributed by atoms with Crippen molar-refractivity contribution in [3.63, 3.8) is 0 Å². The van der Waals surface area contributed by atoms with Gasteiger partial charge < -0.3 is 10.4 Å². The summed E-state index contributed by atoms with van der Waals surface area (Å²) in [5, 5.41) is 12.4. The molecule has 3 nitrogen and oxygen atoms in total. The number of halogens is 1. The molecule has 0 spiro atoms. The molecule has 0 aliphatic rings. The summed E-state index contributed by atoms with van der Waals surface area (Å²) >= 11 is 5.79. The average molecular weight is 214 g/mol. The lowest BCUT2D eigenvalue weighted by Crippen LogP contribution is -2.44. The van der Waals surface area contributed by atoms with Gasteiger partial charge in [0, 0.05) is 5.02 Å². The summed E-state index contributed by atoms with van der Waals surface area (Å²) in [4.78, 5) is 11.1. The normalized spacial score (nSPS) is 14.8. The highest BCUT2D eigenvalue weighted by Crippen LogP contribution is 2.23. The summed E-state index contributed by atoms with van der Waals surface area (Å²) in [5.41, 5.74) is -0.453. The summed E-state index contributed by atoms with van der Waals surface area (Å²) in [6.07, 6.45) is 0. The molecule has 0 heterocycles. The average Bonchev–Trinajstić information content (AvgIpc) is 2.16. The Morgan fingerprint density at radius 1 is 1.57 bits per heavy atom. The van der Waals surface area contributed by atoms with E-state index in [0.717, 1.165) is 0 Å². The number of hydrogen-bond acceptors (Lipinski definition) is 2. The molecule has 0 aromatic heterocycles. The van der Waals surface area contributed by atoms with Crippen LogP contribution in [0.1, 0.15) is 12.5 Å². The fourth-order valence-electron chi connectivity index (χ4n) is 1.17. The van der Waals surface area contributed by atoms with E-state index in [-0.39, 0.29) is 0 Å². The van der Waals surface area contributed by atoms with Gasteiger partial charge in [-0.2, -0.15) is 0 Å². The molecule has 1 atom stereocenters. The van der Waals surface area contributed by atoms with Crippen LogP contribution in [0, 0.1) is 0 Å². The van der Waals surface area contributed by atoms with Crippen molar-refractivity contribution in [1.82, 2.24) is 5.32 Å². The van der Waals surface area contributed by atoms with Crippen LogP contribution in [0.25, 0.3) is 0 Å². The Morgan fingerprint density at radius 2 is 2.21 bits per heavy atom. The molecule has 76 valence electrons. The molecule has 0 fully saturated rings. The van der Waals surface area contributed by atoms with E-state index in [1.54, 1.807) is 38.2 Å². The Labute approximate surface area is 87.7 Å². The highest BCUT2D eigenvalue weighted by atomic mass is 35.5. The quantitative estimate of drug-likeness (QED) is 0.806. The number of carbonyl (C=O) groups is 1. The predicted molar refractivity (Wildman–Crippen MR) is 55.5 cm³/mol. The SMILES string of the molecule is CN[C@](C)(C(=O)O)c1cccc(Cl)c1. The van der Waals surface area contributed by atoms with Crippen molar-refractivity contribution in [1.29, 1.82) is 0 Å². The molecule has 0 radical (unpaired) electrons. The van der Waals surface area contributed by atoms with Crippen molar-refractivity contribution in [2.24, 2.45) is 0 Å². The Kier molecular flexibility index (Phi) is 3.13. The van der Waals surface area contributed by atoms with Crippen molar-refractivity contribution in [3.8, 4) is 0 Å². The molecular formula is C10H12ClNO2. The summed E-state index contributed by atoms with van der Waals surface area (Å²) in [6, 6.07) is 6.82. The number of hydrogen-bond donors (Lipinski definition) is 2. The third-order valence-electron chi connectivity index (χ3n) is 2.33. The maximum atomic E-state index is 11.1. The molecule has 4 heteroatoms. The lowest BCUT2D eigenvalue weighted by molar-refractivity contribution is -0.144. The second-order valence-electron chi connectivity index (χ2n) is 3.19. The zero-order chi connectivity index (χ0) is 10.8. The van der Waals surface area contributed by atoms with Gasteiger partial charge in [0.15, 0.2) is 0 Å². The first-order chi connectivity index (χ1) is 6.50. The van der Waals surface area contributed by atoms with Gasteiger partial charge in [-0.15, -0.1) is 0 Å². The van der Waals surface area contributed by atoms with Crippen molar-refractivity contribution in [2.45, 2.75) is 12.5 Å². The van der Waals surface area contributed by atoms with Crippen LogP contribution in [0.4, 0.5) is 0 Å². The van der Waals surface area contributed by atoms with E-state index in [0.29, 0.717) is 10.6 Å². The van der Waals surface area contributed by atoms with Crippen molar-refractivity contribution in [2.75, 3.05) is 7.05 Å². The third kappa shape index (κ3) is 1.89. The third-order valence-corrected chi connectivity index (χ3v) is 2.56. The van der Waals surface area contributed by atoms with Crippen LogP contribution in [-0.2, 0) is 10.3 Å². The van der Waals surface area contributed by atoms with Gasteiger partial charge in [-0.05, 0) is 31.7 Å². The number of rotatable bonds is 3. The second kappa shape index (κ2) is 3.98. The van der Waals surface area contributed by atoms with Gasteiger partial charge in [0.1, 0.15) is 5.54 Å². The monoisotopic (exact) mass is 213 g/mol. The topological polar surface area (TPSA) is 49.3 Å². The highest BCUT2D eigenvalue weighted by Gasteiger charge is 2.33. The van der Waals surface area contributed by atoms with Crippen LogP contribution in [-0.4, -0.2) is 18.1 Å². The maximum absolute atomic E-state index is 11.1. The molecule has 0 saturated carbocycles. The smallest absolute Gasteiger partial charge is 0.328 e. The van der Waals surface area contributed by atoms with Crippen molar-refractivity contribution < 1.29 is 9.90 Å². The van der Waals surface area contributed by atoms with Crippen LogP contribution in [0.3, 0.4) is 0 Å². The minimum absolute atomic E-state index is 0.533. The van der Waals surface area contributed by atoms with Crippen molar-refractivity contribution in [3.05, 3.63) is 34.9 Å². The minimum atomic E-state index is -1.09. The molecule has 0 amide bonds. The van der Waals surface area contributed by atoms with Gasteiger partial charge in [-0.3, -0.25) is 0 Å². The van der Waals surface area contributed by atoms with Gasteiger partial charge in [0.05, 0.1) is 0 Å². The van der Waals surface area contributed by atoms with Crippen LogP contribution in [0.15, 0.2) is 24.3 Å². The number of carboxylic acid groups (broad SMARTS) is 1. The molecule has 2 N–H and O–H groups in total. The van der Waals surface area contributed by atoms with Gasteiger partial charge in [0.25, 0.3) is 0 Å². The summed E-state index contributed by atoms with van der Waals surface area (Å²) in [5.74, 6) is -0.928. The summed E-state index contributed by atoms with van der Waals surface area (Å²) in [6.45, 7) is 1.60. The van der Waals surface area contributed by atoms with Gasteiger partial charge in [-0.25, -0.2) is 4.79 Å². The Bertz CT molecular complexity index is 354. The fourth-order valence-corrected chi connectivity index (χ4v) is 1.36. The molecule has 0 saturated heterocycles. The number of nitrogens with one attached hydrogen (secondary N) is 1. The van der Waals surface area contributed by atoms with Crippen LogP contribution >= 0.6 is 11.6 Å². The maximum Gasteiger partial charge on any atom is 0.328 e. The van der Waals surface area contributed by atoms with E-state index in [1.165, 1.54) is 0 Å². The highest BCUT2D eigenvalue weighted by molar-refractivity contribution is 6.30. The molecule has 1 aromatic carbocycles. The zero-order valence-corrected chi connectivity index (χ0v) is 8.80. The van der Waals surface area contributed by atoms with Gasteiger partial charge in [-0.1, -0.05) is 23.7 Å². The minimum Gasteiger partial charge on any atom is -0.480 e. The first-order valence-electron chi connectivity index (χ1n) is 4.19. The largest absolute Gasteiger partial charge is 0.480 e. The van der Waals surface area contributed by atoms with Crippen LogP contribution in [0.2, 0.25) is 5.02 Å². The van der Waals surface area contributed by atoms with Crippen LogP contribution in [0.5, 0.6) is 0 Å². The van der Waals surface area contributed by atoms with E-state index in [9.17, 15) is 4.79 Å². The lowest BCUT2D eigenvalue weighted by Gasteiger charge is -2.24. The fraction of sp³-hybridized carbons (Fsp3) is 0.300. The van der Waals surface area contributed by atoms with E-state index in [4.69, 9.17) is 16.7 Å².